The Kier molecular flexibility index (Phi) is 7.03. The second-order valence-corrected chi connectivity index (χ2v) is 6.60. The van der Waals surface area contributed by atoms with Crippen LogP contribution >= 0.6 is 0 Å². The van der Waals surface area contributed by atoms with Crippen LogP contribution in [0, 0.1) is 0 Å². The number of ether oxygens (including phenoxy) is 4. The lowest BCUT2D eigenvalue weighted by Gasteiger charge is -2.07. The highest BCUT2D eigenvalue weighted by Crippen LogP contribution is 2.18. The molecule has 0 amide bonds. The van der Waals surface area contributed by atoms with Gasteiger partial charge in [-0.25, -0.2) is 0 Å². The minimum atomic E-state index is -0.284. The molecule has 1 fully saturated rings. The van der Waals surface area contributed by atoms with E-state index in [1.807, 2.05) is 36.4 Å². The highest BCUT2D eigenvalue weighted by atomic mass is 16.6. The van der Waals surface area contributed by atoms with Crippen LogP contribution in [0.5, 0.6) is 11.5 Å². The molecule has 6 nitrogen and oxygen atoms in total. The second kappa shape index (κ2) is 9.90. The molecule has 28 heavy (non-hydrogen) atoms. The SMILES string of the molecule is COC(=O)CCc1ccc(OC(=O)CCc2ccc(OCC3CO3)cc2)cc1. The third kappa shape index (κ3) is 6.70. The molecule has 2 aromatic rings. The molecule has 0 radical (unpaired) electrons. The Balaban J connectivity index is 1.39. The van der Waals surface area contributed by atoms with E-state index in [1.54, 1.807) is 12.1 Å². The van der Waals surface area contributed by atoms with E-state index >= 15 is 0 Å². The fraction of sp³-hybridized carbons (Fsp3) is 0.364. The van der Waals surface area contributed by atoms with Gasteiger partial charge in [-0.3, -0.25) is 9.59 Å². The maximum Gasteiger partial charge on any atom is 0.311 e. The fourth-order valence-corrected chi connectivity index (χ4v) is 2.61. The zero-order valence-corrected chi connectivity index (χ0v) is 15.9. The van der Waals surface area contributed by atoms with Crippen molar-refractivity contribution < 1.29 is 28.5 Å². The van der Waals surface area contributed by atoms with E-state index in [0.29, 0.717) is 38.0 Å². The number of rotatable bonds is 10. The maximum absolute atomic E-state index is 12.1. The van der Waals surface area contributed by atoms with Gasteiger partial charge in [-0.1, -0.05) is 24.3 Å². The van der Waals surface area contributed by atoms with Gasteiger partial charge in [0.2, 0.25) is 0 Å². The summed E-state index contributed by atoms with van der Waals surface area (Å²) in [5.41, 5.74) is 2.03. The molecule has 0 aliphatic carbocycles. The lowest BCUT2D eigenvalue weighted by molar-refractivity contribution is -0.140. The highest BCUT2D eigenvalue weighted by Gasteiger charge is 2.22. The van der Waals surface area contributed by atoms with Crippen molar-refractivity contribution in [1.82, 2.24) is 0 Å². The number of carbonyl (C=O) groups excluding carboxylic acids is 2. The zero-order chi connectivity index (χ0) is 19.8. The number of epoxide rings is 1. The number of methoxy groups -OCH3 is 1. The van der Waals surface area contributed by atoms with Crippen LogP contribution in [0.2, 0.25) is 0 Å². The predicted octanol–water partition coefficient (Wildman–Crippen LogP) is 3.11. The average molecular weight is 384 g/mol. The van der Waals surface area contributed by atoms with Crippen molar-refractivity contribution in [2.75, 3.05) is 20.3 Å². The van der Waals surface area contributed by atoms with Crippen LogP contribution in [-0.4, -0.2) is 38.4 Å². The first-order valence-electron chi connectivity index (χ1n) is 9.32. The normalized spacial score (nSPS) is 15.0. The molecular formula is C22H24O6. The van der Waals surface area contributed by atoms with Gasteiger partial charge in [0.25, 0.3) is 0 Å². The molecule has 148 valence electrons. The summed E-state index contributed by atoms with van der Waals surface area (Å²) in [5, 5.41) is 0. The molecule has 2 aromatic carbocycles. The molecule has 3 rings (SSSR count). The third-order valence-electron chi connectivity index (χ3n) is 4.38. The summed E-state index contributed by atoms with van der Waals surface area (Å²) in [4.78, 5) is 23.2. The number of hydrogen-bond acceptors (Lipinski definition) is 6. The van der Waals surface area contributed by atoms with Crippen LogP contribution in [0.4, 0.5) is 0 Å². The van der Waals surface area contributed by atoms with Crippen LogP contribution in [-0.2, 0) is 31.9 Å². The van der Waals surface area contributed by atoms with Crippen molar-refractivity contribution >= 4 is 11.9 Å². The van der Waals surface area contributed by atoms with Gasteiger partial charge in [0.1, 0.15) is 24.2 Å². The molecular weight excluding hydrogens is 360 g/mol. The number of aryl methyl sites for hydroxylation is 2. The molecule has 1 heterocycles. The molecule has 0 N–H and O–H groups in total. The third-order valence-corrected chi connectivity index (χ3v) is 4.38. The van der Waals surface area contributed by atoms with Crippen molar-refractivity contribution in [2.45, 2.75) is 31.8 Å². The van der Waals surface area contributed by atoms with E-state index in [-0.39, 0.29) is 18.0 Å². The van der Waals surface area contributed by atoms with Crippen LogP contribution < -0.4 is 9.47 Å². The van der Waals surface area contributed by atoms with Gasteiger partial charge in [0, 0.05) is 12.8 Å². The van der Waals surface area contributed by atoms with Gasteiger partial charge in [-0.15, -0.1) is 0 Å². The lowest BCUT2D eigenvalue weighted by atomic mass is 10.1. The van der Waals surface area contributed by atoms with Gasteiger partial charge < -0.3 is 18.9 Å². The Morgan fingerprint density at radius 2 is 1.43 bits per heavy atom. The number of benzene rings is 2. The summed E-state index contributed by atoms with van der Waals surface area (Å²) in [6, 6.07) is 14.9. The van der Waals surface area contributed by atoms with E-state index in [2.05, 4.69) is 4.74 Å². The van der Waals surface area contributed by atoms with Gasteiger partial charge >= 0.3 is 11.9 Å². The highest BCUT2D eigenvalue weighted by molar-refractivity contribution is 5.72. The second-order valence-electron chi connectivity index (χ2n) is 6.60. The van der Waals surface area contributed by atoms with Crippen LogP contribution in [0.15, 0.2) is 48.5 Å². The van der Waals surface area contributed by atoms with E-state index in [0.717, 1.165) is 23.5 Å². The van der Waals surface area contributed by atoms with Crippen LogP contribution in [0.25, 0.3) is 0 Å². The molecule has 0 aromatic heterocycles. The molecule has 0 spiro atoms. The zero-order valence-electron chi connectivity index (χ0n) is 15.9. The summed E-state index contributed by atoms with van der Waals surface area (Å²) in [7, 11) is 1.37. The summed E-state index contributed by atoms with van der Waals surface area (Å²) in [5.74, 6) is 0.771. The summed E-state index contributed by atoms with van der Waals surface area (Å²) < 4.78 is 20.7. The topological polar surface area (TPSA) is 74.4 Å². The Morgan fingerprint density at radius 1 is 0.893 bits per heavy atom. The molecule has 0 saturated carbocycles. The summed E-state index contributed by atoms with van der Waals surface area (Å²) >= 11 is 0. The maximum atomic E-state index is 12.1. The van der Waals surface area contributed by atoms with Crippen LogP contribution in [0.3, 0.4) is 0 Å². The van der Waals surface area contributed by atoms with Crippen molar-refractivity contribution in [3.05, 3.63) is 59.7 Å². The minimum Gasteiger partial charge on any atom is -0.491 e. The van der Waals surface area contributed by atoms with Crippen LogP contribution in [0.1, 0.15) is 24.0 Å². The van der Waals surface area contributed by atoms with Gasteiger partial charge in [-0.2, -0.15) is 0 Å². The first-order chi connectivity index (χ1) is 13.6. The first-order valence-corrected chi connectivity index (χ1v) is 9.32. The average Bonchev–Trinajstić information content (AvgIpc) is 3.55. The number of hydrogen-bond donors (Lipinski definition) is 0. The van der Waals surface area contributed by atoms with Crippen molar-refractivity contribution in [3.8, 4) is 11.5 Å². The van der Waals surface area contributed by atoms with Crippen molar-refractivity contribution in [3.63, 3.8) is 0 Å². The molecule has 1 saturated heterocycles. The molecule has 1 atom stereocenters. The first kappa shape index (κ1) is 19.9. The Labute approximate surface area is 164 Å². The molecule has 1 aliphatic heterocycles. The van der Waals surface area contributed by atoms with Gasteiger partial charge in [0.15, 0.2) is 0 Å². The Hall–Kier alpha value is -2.86. The van der Waals surface area contributed by atoms with E-state index in [4.69, 9.17) is 14.2 Å². The lowest BCUT2D eigenvalue weighted by Crippen LogP contribution is -2.09. The van der Waals surface area contributed by atoms with E-state index in [9.17, 15) is 9.59 Å². The predicted molar refractivity (Wildman–Crippen MR) is 102 cm³/mol. The standard InChI is InChI=1S/C22H24O6/c1-25-21(23)12-6-17-4-10-19(11-5-17)28-22(24)13-7-16-2-8-18(9-3-16)26-14-20-15-27-20/h2-5,8-11,20H,6-7,12-15H2,1H3. The molecule has 1 aliphatic rings. The fourth-order valence-electron chi connectivity index (χ4n) is 2.61. The molecule has 1 unspecified atom stereocenters. The Morgan fingerprint density at radius 3 is 1.96 bits per heavy atom. The van der Waals surface area contributed by atoms with Gasteiger partial charge in [-0.05, 0) is 48.2 Å². The van der Waals surface area contributed by atoms with Crippen molar-refractivity contribution in [1.29, 1.82) is 0 Å². The number of esters is 2. The van der Waals surface area contributed by atoms with Gasteiger partial charge in [0.05, 0.1) is 13.7 Å². The Bertz CT molecular complexity index is 778. The molecule has 6 heteroatoms. The van der Waals surface area contributed by atoms with E-state index < -0.39 is 0 Å². The summed E-state index contributed by atoms with van der Waals surface area (Å²) in [6.07, 6.45) is 2.04. The van der Waals surface area contributed by atoms with Crippen molar-refractivity contribution in [2.24, 2.45) is 0 Å². The number of carbonyl (C=O) groups is 2. The van der Waals surface area contributed by atoms with E-state index in [1.165, 1.54) is 7.11 Å². The monoisotopic (exact) mass is 384 g/mol. The molecule has 0 bridgehead atoms. The quantitative estimate of drug-likeness (QED) is 0.356. The smallest absolute Gasteiger partial charge is 0.311 e. The summed E-state index contributed by atoms with van der Waals surface area (Å²) in [6.45, 7) is 1.35. The largest absolute Gasteiger partial charge is 0.491 e. The minimum absolute atomic E-state index is 0.233.